The van der Waals surface area contributed by atoms with Gasteiger partial charge in [-0.3, -0.25) is 4.79 Å². The second-order valence-electron chi connectivity index (χ2n) is 10.3. The Balaban J connectivity index is 1.59. The van der Waals surface area contributed by atoms with Crippen LogP contribution in [0.15, 0.2) is 54.6 Å². The van der Waals surface area contributed by atoms with Crippen molar-refractivity contribution in [2.75, 3.05) is 26.8 Å². The van der Waals surface area contributed by atoms with Crippen LogP contribution in [-0.4, -0.2) is 60.0 Å². The van der Waals surface area contributed by atoms with Gasteiger partial charge in [-0.2, -0.15) is 0 Å². The number of para-hydroxylation sites is 2. The molecular weight excluding hydrogens is 456 g/mol. The Kier molecular flexibility index (Phi) is 9.01. The Morgan fingerprint density at radius 2 is 1.86 bits per heavy atom. The van der Waals surface area contributed by atoms with Crippen molar-refractivity contribution in [1.29, 1.82) is 0 Å². The van der Waals surface area contributed by atoms with Gasteiger partial charge in [0.05, 0.1) is 11.7 Å². The first-order valence-corrected chi connectivity index (χ1v) is 13.2. The third-order valence-electron chi connectivity index (χ3n) is 7.82. The Morgan fingerprint density at radius 3 is 2.58 bits per heavy atom. The fourth-order valence-corrected chi connectivity index (χ4v) is 5.80. The summed E-state index contributed by atoms with van der Waals surface area (Å²) in [5, 5.41) is 22.5. The number of piperidine rings is 1. The lowest BCUT2D eigenvalue weighted by atomic mass is 9.73. The highest BCUT2D eigenvalue weighted by atomic mass is 16.5. The summed E-state index contributed by atoms with van der Waals surface area (Å²) in [6.07, 6.45) is 4.11. The molecule has 2 aromatic carbocycles. The maximum absolute atomic E-state index is 13.3. The second kappa shape index (κ2) is 12.2. The molecule has 1 aliphatic heterocycles. The third kappa shape index (κ3) is 6.09. The maximum Gasteiger partial charge on any atom is 0.225 e. The van der Waals surface area contributed by atoms with Gasteiger partial charge in [0, 0.05) is 50.2 Å². The number of aliphatic hydroxyl groups is 2. The van der Waals surface area contributed by atoms with E-state index >= 15 is 0 Å². The van der Waals surface area contributed by atoms with Crippen molar-refractivity contribution in [2.45, 2.75) is 62.7 Å². The minimum atomic E-state index is -1.16. The Hall–Kier alpha value is -2.45. The lowest BCUT2D eigenvalue weighted by molar-refractivity contribution is -0.141. The van der Waals surface area contributed by atoms with Crippen LogP contribution < -0.4 is 10.5 Å². The van der Waals surface area contributed by atoms with Gasteiger partial charge in [-0.1, -0.05) is 36.4 Å². The predicted octanol–water partition coefficient (Wildman–Crippen LogP) is 3.82. The van der Waals surface area contributed by atoms with Gasteiger partial charge < -0.3 is 30.3 Å². The zero-order valence-corrected chi connectivity index (χ0v) is 21.2. The van der Waals surface area contributed by atoms with Crippen LogP contribution in [0.1, 0.15) is 50.5 Å². The number of aliphatic hydroxyl groups excluding tert-OH is 1. The molecule has 4 N–H and O–H groups in total. The summed E-state index contributed by atoms with van der Waals surface area (Å²) in [4.78, 5) is 15.2. The number of nitrogens with zero attached hydrogens (tertiary/aromatic N) is 1. The molecule has 4 rings (SSSR count). The number of carbonyl (C=O) groups excluding carboxylic acids is 1. The molecule has 0 radical (unpaired) electrons. The van der Waals surface area contributed by atoms with E-state index in [9.17, 15) is 15.0 Å². The summed E-state index contributed by atoms with van der Waals surface area (Å²) in [6, 6.07) is 16.9. The number of methoxy groups -OCH3 is 1. The normalized spacial score (nSPS) is 25.9. The molecule has 1 heterocycles. The van der Waals surface area contributed by atoms with E-state index in [4.69, 9.17) is 15.2 Å². The molecule has 0 spiro atoms. The molecule has 2 aromatic rings. The highest BCUT2D eigenvalue weighted by Gasteiger charge is 2.44. The van der Waals surface area contributed by atoms with E-state index < -0.39 is 11.7 Å². The second-order valence-corrected chi connectivity index (χ2v) is 10.3. The van der Waals surface area contributed by atoms with Gasteiger partial charge >= 0.3 is 0 Å². The molecule has 1 amide bonds. The van der Waals surface area contributed by atoms with E-state index in [0.717, 1.165) is 31.2 Å². The SMILES string of the molecule is COCCCC[C@@](O)(c1ccccc1Oc1ccccc1)[C@@H]1CCCN(C(=O)[C@H]2C[C@@H](N)[C@@H](O)C2)C1. The Labute approximate surface area is 214 Å². The monoisotopic (exact) mass is 496 g/mol. The van der Waals surface area contributed by atoms with Crippen molar-refractivity contribution in [3.05, 3.63) is 60.2 Å². The first kappa shape index (κ1) is 26.6. The number of carbonyl (C=O) groups is 1. The van der Waals surface area contributed by atoms with Crippen LogP contribution in [-0.2, 0) is 15.1 Å². The minimum Gasteiger partial charge on any atom is -0.457 e. The molecule has 7 heteroatoms. The topological polar surface area (TPSA) is 105 Å². The molecular formula is C29H40N2O5. The Bertz CT molecular complexity index is 977. The van der Waals surface area contributed by atoms with Crippen LogP contribution in [0.5, 0.6) is 11.5 Å². The highest BCUT2D eigenvalue weighted by molar-refractivity contribution is 5.79. The molecule has 196 valence electrons. The van der Waals surface area contributed by atoms with Crippen molar-refractivity contribution < 1.29 is 24.5 Å². The van der Waals surface area contributed by atoms with Crippen LogP contribution in [0.3, 0.4) is 0 Å². The fraction of sp³-hybridized carbons (Fsp3) is 0.552. The average Bonchev–Trinajstić information content (AvgIpc) is 3.25. The van der Waals surface area contributed by atoms with Gasteiger partial charge in [-0.05, 0) is 63.1 Å². The van der Waals surface area contributed by atoms with Crippen LogP contribution >= 0.6 is 0 Å². The van der Waals surface area contributed by atoms with Gasteiger partial charge in [-0.25, -0.2) is 0 Å². The lowest BCUT2D eigenvalue weighted by Gasteiger charge is -2.44. The van der Waals surface area contributed by atoms with Crippen LogP contribution in [0, 0.1) is 11.8 Å². The molecule has 5 atom stereocenters. The summed E-state index contributed by atoms with van der Waals surface area (Å²) in [7, 11) is 1.69. The van der Waals surface area contributed by atoms with Crippen molar-refractivity contribution in [2.24, 2.45) is 17.6 Å². The van der Waals surface area contributed by atoms with Gasteiger partial charge in [0.25, 0.3) is 0 Å². The first-order chi connectivity index (χ1) is 17.4. The summed E-state index contributed by atoms with van der Waals surface area (Å²) >= 11 is 0. The van der Waals surface area contributed by atoms with E-state index in [1.54, 1.807) is 7.11 Å². The van der Waals surface area contributed by atoms with Crippen LogP contribution in [0.4, 0.5) is 0 Å². The molecule has 0 unspecified atom stereocenters. The van der Waals surface area contributed by atoms with Gasteiger partial charge in [0.1, 0.15) is 11.5 Å². The van der Waals surface area contributed by atoms with E-state index in [2.05, 4.69) is 0 Å². The number of unbranched alkanes of at least 4 members (excludes halogenated alkanes) is 1. The van der Waals surface area contributed by atoms with Crippen molar-refractivity contribution >= 4 is 5.91 Å². The summed E-state index contributed by atoms with van der Waals surface area (Å²) in [6.45, 7) is 1.78. The van der Waals surface area contributed by atoms with Gasteiger partial charge in [0.15, 0.2) is 0 Å². The van der Waals surface area contributed by atoms with Crippen molar-refractivity contribution in [1.82, 2.24) is 4.90 Å². The van der Waals surface area contributed by atoms with E-state index in [1.165, 1.54) is 0 Å². The summed E-state index contributed by atoms with van der Waals surface area (Å²) < 4.78 is 11.5. The maximum atomic E-state index is 13.3. The average molecular weight is 497 g/mol. The van der Waals surface area contributed by atoms with Gasteiger partial charge in [-0.15, -0.1) is 0 Å². The van der Waals surface area contributed by atoms with Crippen LogP contribution in [0.25, 0.3) is 0 Å². The minimum absolute atomic E-state index is 0.0438. The molecule has 1 aliphatic carbocycles. The zero-order valence-electron chi connectivity index (χ0n) is 21.2. The molecule has 7 nitrogen and oxygen atoms in total. The lowest BCUT2D eigenvalue weighted by Crippen LogP contribution is -2.49. The Morgan fingerprint density at radius 1 is 1.11 bits per heavy atom. The molecule has 2 aliphatic rings. The standard InChI is InChI=1S/C29H40N2O5/c1-35-17-8-7-15-29(34,24-13-5-6-14-27(24)36-23-11-3-2-4-12-23)22-10-9-16-31(20-22)28(33)21-18-25(30)26(32)19-21/h2-6,11-14,21-22,25-26,32,34H,7-10,15-20,30H2,1H3/t21-,22+,25+,26-,29-/m0/s1. The van der Waals surface area contributed by atoms with Crippen molar-refractivity contribution in [3.8, 4) is 11.5 Å². The number of benzene rings is 2. The quantitative estimate of drug-likeness (QED) is 0.432. The summed E-state index contributed by atoms with van der Waals surface area (Å²) in [5.74, 6) is 0.993. The molecule has 1 saturated heterocycles. The molecule has 0 aromatic heterocycles. The molecule has 36 heavy (non-hydrogen) atoms. The molecule has 0 bridgehead atoms. The fourth-order valence-electron chi connectivity index (χ4n) is 5.80. The largest absolute Gasteiger partial charge is 0.457 e. The van der Waals surface area contributed by atoms with Crippen LogP contribution in [0.2, 0.25) is 0 Å². The third-order valence-corrected chi connectivity index (χ3v) is 7.82. The number of nitrogens with two attached hydrogens (primary N) is 1. The van der Waals surface area contributed by atoms with Gasteiger partial charge in [0.2, 0.25) is 5.91 Å². The van der Waals surface area contributed by atoms with E-state index in [0.29, 0.717) is 50.5 Å². The number of hydrogen-bond donors (Lipinski definition) is 3. The molecule has 2 fully saturated rings. The summed E-state index contributed by atoms with van der Waals surface area (Å²) in [5.41, 5.74) is 5.57. The number of hydrogen-bond acceptors (Lipinski definition) is 6. The number of likely N-dealkylation sites (tertiary alicyclic amines) is 1. The zero-order chi connectivity index (χ0) is 25.5. The smallest absolute Gasteiger partial charge is 0.225 e. The van der Waals surface area contributed by atoms with E-state index in [1.807, 2.05) is 59.5 Å². The van der Waals surface area contributed by atoms with Crippen molar-refractivity contribution in [3.63, 3.8) is 0 Å². The number of amides is 1. The predicted molar refractivity (Wildman–Crippen MR) is 139 cm³/mol. The molecule has 1 saturated carbocycles. The highest BCUT2D eigenvalue weighted by Crippen LogP contribution is 2.44. The number of ether oxygens (including phenoxy) is 2. The first-order valence-electron chi connectivity index (χ1n) is 13.2. The van der Waals surface area contributed by atoms with E-state index in [-0.39, 0.29) is 23.8 Å². The number of rotatable bonds is 10.